The minimum absolute atomic E-state index is 0.0348. The highest BCUT2D eigenvalue weighted by Crippen LogP contribution is 2.21. The van der Waals surface area contributed by atoms with Crippen LogP contribution in [0.4, 0.5) is 5.69 Å². The fraction of sp³-hybridized carbons (Fsp3) is 0.300. The monoisotopic (exact) mass is 242 g/mol. The quantitative estimate of drug-likeness (QED) is 0.752. The van der Waals surface area contributed by atoms with E-state index < -0.39 is 15.7 Å². The van der Waals surface area contributed by atoms with Crippen molar-refractivity contribution >= 4 is 21.4 Å². The molecule has 1 rings (SSSR count). The van der Waals surface area contributed by atoms with Crippen molar-refractivity contribution in [1.82, 2.24) is 0 Å². The van der Waals surface area contributed by atoms with Gasteiger partial charge in [-0.3, -0.25) is 4.79 Å². The third-order valence-electron chi connectivity index (χ3n) is 2.10. The number of carbonyl (C=O) groups excluding carboxylic acids is 1. The number of nitrogen functional groups attached to an aromatic ring is 1. The third kappa shape index (κ3) is 2.52. The predicted molar refractivity (Wildman–Crippen MR) is 61.7 cm³/mol. The molecule has 0 saturated carbocycles. The molecule has 1 aromatic carbocycles. The molecule has 0 bridgehead atoms. The van der Waals surface area contributed by atoms with Crippen molar-refractivity contribution in [2.75, 3.05) is 11.5 Å². The molecule has 0 aliphatic rings. The molecule has 0 heterocycles. The predicted octanol–water partition coefficient (Wildman–Crippen LogP) is 0.551. The van der Waals surface area contributed by atoms with Crippen molar-refractivity contribution in [3.8, 4) is 0 Å². The molecule has 0 aliphatic carbocycles. The summed E-state index contributed by atoms with van der Waals surface area (Å²) in [5.41, 5.74) is 10.9. The first-order chi connectivity index (χ1) is 7.38. The van der Waals surface area contributed by atoms with Crippen molar-refractivity contribution in [3.63, 3.8) is 0 Å². The number of hydrogen-bond acceptors (Lipinski definition) is 4. The van der Waals surface area contributed by atoms with Gasteiger partial charge in [0, 0.05) is 5.56 Å². The molecular formula is C10H14N2O3S. The van der Waals surface area contributed by atoms with Crippen LogP contribution in [0.5, 0.6) is 0 Å². The van der Waals surface area contributed by atoms with Crippen molar-refractivity contribution in [3.05, 3.63) is 23.8 Å². The SMILES string of the molecule is CCCS(=O)(=O)c1ccc(C(N)=O)cc1N. The van der Waals surface area contributed by atoms with E-state index in [1.165, 1.54) is 18.2 Å². The topological polar surface area (TPSA) is 103 Å². The van der Waals surface area contributed by atoms with E-state index in [0.717, 1.165) is 0 Å². The van der Waals surface area contributed by atoms with E-state index in [1.807, 2.05) is 0 Å². The van der Waals surface area contributed by atoms with E-state index in [2.05, 4.69) is 0 Å². The Morgan fingerprint density at radius 1 is 1.38 bits per heavy atom. The average molecular weight is 242 g/mol. The van der Waals surface area contributed by atoms with Gasteiger partial charge in [-0.15, -0.1) is 0 Å². The standard InChI is InChI=1S/C10H14N2O3S/c1-2-5-16(14,15)9-4-3-7(10(12)13)6-8(9)11/h3-4,6H,2,5,11H2,1H3,(H2,12,13). The van der Waals surface area contributed by atoms with Gasteiger partial charge in [-0.2, -0.15) is 0 Å². The molecule has 0 unspecified atom stereocenters. The van der Waals surface area contributed by atoms with E-state index in [-0.39, 0.29) is 21.9 Å². The molecule has 1 aromatic rings. The second-order valence-corrected chi connectivity index (χ2v) is 5.51. The van der Waals surface area contributed by atoms with Gasteiger partial charge in [0.05, 0.1) is 16.3 Å². The average Bonchev–Trinajstić information content (AvgIpc) is 2.16. The van der Waals surface area contributed by atoms with Gasteiger partial charge in [0.2, 0.25) is 5.91 Å². The summed E-state index contributed by atoms with van der Waals surface area (Å²) in [6.07, 6.45) is 0.513. The van der Waals surface area contributed by atoms with Gasteiger partial charge in [-0.1, -0.05) is 6.92 Å². The van der Waals surface area contributed by atoms with E-state index in [4.69, 9.17) is 11.5 Å². The van der Waals surface area contributed by atoms with Gasteiger partial charge in [0.15, 0.2) is 9.84 Å². The lowest BCUT2D eigenvalue weighted by Crippen LogP contribution is -2.13. The normalized spacial score (nSPS) is 11.3. The minimum Gasteiger partial charge on any atom is -0.398 e. The van der Waals surface area contributed by atoms with Crippen LogP contribution >= 0.6 is 0 Å². The summed E-state index contributed by atoms with van der Waals surface area (Å²) in [5, 5.41) is 0. The zero-order valence-corrected chi connectivity index (χ0v) is 9.75. The Labute approximate surface area is 94.4 Å². The van der Waals surface area contributed by atoms with Crippen molar-refractivity contribution in [2.24, 2.45) is 5.73 Å². The van der Waals surface area contributed by atoms with Gasteiger partial charge in [0.1, 0.15) is 0 Å². The Morgan fingerprint density at radius 2 is 2.00 bits per heavy atom. The highest BCUT2D eigenvalue weighted by atomic mass is 32.2. The summed E-state index contributed by atoms with van der Waals surface area (Å²) in [6.45, 7) is 1.77. The highest BCUT2D eigenvalue weighted by Gasteiger charge is 2.17. The van der Waals surface area contributed by atoms with Gasteiger partial charge >= 0.3 is 0 Å². The Balaban J connectivity index is 3.23. The summed E-state index contributed by atoms with van der Waals surface area (Å²) in [6, 6.07) is 3.96. The first-order valence-corrected chi connectivity index (χ1v) is 6.46. The highest BCUT2D eigenvalue weighted by molar-refractivity contribution is 7.91. The molecule has 16 heavy (non-hydrogen) atoms. The summed E-state index contributed by atoms with van der Waals surface area (Å²) >= 11 is 0. The molecule has 0 saturated heterocycles. The van der Waals surface area contributed by atoms with Gasteiger partial charge in [-0.05, 0) is 24.6 Å². The number of anilines is 1. The number of sulfone groups is 1. The van der Waals surface area contributed by atoms with E-state index in [9.17, 15) is 13.2 Å². The Kier molecular flexibility index (Phi) is 3.54. The minimum atomic E-state index is -3.36. The molecule has 0 aliphatic heterocycles. The van der Waals surface area contributed by atoms with Crippen LogP contribution < -0.4 is 11.5 Å². The summed E-state index contributed by atoms with van der Waals surface area (Å²) < 4.78 is 23.5. The van der Waals surface area contributed by atoms with E-state index in [0.29, 0.717) is 6.42 Å². The van der Waals surface area contributed by atoms with Crippen LogP contribution in [0.3, 0.4) is 0 Å². The molecule has 0 radical (unpaired) electrons. The first-order valence-electron chi connectivity index (χ1n) is 4.80. The third-order valence-corrected chi connectivity index (χ3v) is 4.09. The number of nitrogens with two attached hydrogens (primary N) is 2. The van der Waals surface area contributed by atoms with E-state index in [1.54, 1.807) is 6.92 Å². The molecule has 0 spiro atoms. The lowest BCUT2D eigenvalue weighted by atomic mass is 10.2. The van der Waals surface area contributed by atoms with Crippen LogP contribution in [0, 0.1) is 0 Å². The molecule has 1 amide bonds. The Morgan fingerprint density at radius 3 is 2.44 bits per heavy atom. The Bertz CT molecular complexity index is 509. The molecule has 0 atom stereocenters. The van der Waals surface area contributed by atoms with Gasteiger partial charge in [0.25, 0.3) is 0 Å². The van der Waals surface area contributed by atoms with Crippen molar-refractivity contribution < 1.29 is 13.2 Å². The van der Waals surface area contributed by atoms with Gasteiger partial charge < -0.3 is 11.5 Å². The van der Waals surface area contributed by atoms with Gasteiger partial charge in [-0.25, -0.2) is 8.42 Å². The zero-order chi connectivity index (χ0) is 12.3. The van der Waals surface area contributed by atoms with Crippen molar-refractivity contribution in [2.45, 2.75) is 18.2 Å². The van der Waals surface area contributed by atoms with Crippen molar-refractivity contribution in [1.29, 1.82) is 0 Å². The maximum atomic E-state index is 11.7. The maximum absolute atomic E-state index is 11.7. The lowest BCUT2D eigenvalue weighted by Gasteiger charge is -2.07. The summed E-state index contributed by atoms with van der Waals surface area (Å²) in [4.78, 5) is 10.9. The van der Waals surface area contributed by atoms with E-state index >= 15 is 0 Å². The van der Waals surface area contributed by atoms with Crippen LogP contribution in [0.25, 0.3) is 0 Å². The molecule has 5 nitrogen and oxygen atoms in total. The smallest absolute Gasteiger partial charge is 0.248 e. The molecule has 0 aromatic heterocycles. The fourth-order valence-corrected chi connectivity index (χ4v) is 2.81. The molecule has 0 fully saturated rings. The van der Waals surface area contributed by atoms with Crippen LogP contribution in [0.15, 0.2) is 23.1 Å². The van der Waals surface area contributed by atoms with Crippen LogP contribution in [-0.4, -0.2) is 20.1 Å². The first kappa shape index (κ1) is 12.5. The fourth-order valence-electron chi connectivity index (χ4n) is 1.36. The number of hydrogen-bond donors (Lipinski definition) is 2. The lowest BCUT2D eigenvalue weighted by molar-refractivity contribution is 0.1000. The number of rotatable bonds is 4. The largest absolute Gasteiger partial charge is 0.398 e. The second kappa shape index (κ2) is 4.52. The summed E-state index contributed by atoms with van der Waals surface area (Å²) in [5.74, 6) is -0.598. The molecule has 88 valence electrons. The number of carbonyl (C=O) groups is 1. The molecular weight excluding hydrogens is 228 g/mol. The van der Waals surface area contributed by atoms with Crippen LogP contribution in [0.2, 0.25) is 0 Å². The number of primary amides is 1. The number of benzene rings is 1. The maximum Gasteiger partial charge on any atom is 0.248 e. The Hall–Kier alpha value is -1.56. The second-order valence-electron chi connectivity index (χ2n) is 3.44. The van der Waals surface area contributed by atoms with Crippen LogP contribution in [-0.2, 0) is 9.84 Å². The van der Waals surface area contributed by atoms with Crippen LogP contribution in [0.1, 0.15) is 23.7 Å². The zero-order valence-electron chi connectivity index (χ0n) is 8.93. The molecule has 6 heteroatoms. The molecule has 4 N–H and O–H groups in total. The summed E-state index contributed by atoms with van der Waals surface area (Å²) in [7, 11) is -3.36. The number of amides is 1.